The third-order valence-electron chi connectivity index (χ3n) is 6.18. The fourth-order valence-corrected chi connectivity index (χ4v) is 3.65. The van der Waals surface area contributed by atoms with Gasteiger partial charge in [0.15, 0.2) is 17.4 Å². The number of esters is 2. The molecular weight excluding hydrogens is 424 g/mol. The number of phenolic OH excluding ortho intramolecular Hbond substituents is 3. The summed E-state index contributed by atoms with van der Waals surface area (Å²) in [5, 5.41) is 29.5. The zero-order valence-corrected chi connectivity index (χ0v) is 20.6. The Morgan fingerprint density at radius 1 is 0.758 bits per heavy atom. The Kier molecular flexibility index (Phi) is 13.3. The molecule has 0 radical (unpaired) electrons. The number of unbranched alkanes of at least 4 members (excludes halogenated alkanes) is 2. The normalized spacial score (nSPS) is 13.8. The lowest BCUT2D eigenvalue weighted by Crippen LogP contribution is -2.32. The van der Waals surface area contributed by atoms with Crippen LogP contribution in [0, 0.1) is 17.8 Å². The molecule has 0 fully saturated rings. The minimum absolute atomic E-state index is 0.153. The van der Waals surface area contributed by atoms with Gasteiger partial charge in [-0.05, 0) is 36.3 Å². The third kappa shape index (κ3) is 9.93. The Balaban J connectivity index is 2.96. The first-order valence-electron chi connectivity index (χ1n) is 12.3. The van der Waals surface area contributed by atoms with E-state index >= 15 is 0 Å². The Morgan fingerprint density at radius 3 is 1.64 bits per heavy atom. The molecule has 3 N–H and O–H groups in total. The number of ether oxygens (including phenoxy) is 2. The quantitative estimate of drug-likeness (QED) is 0.128. The standard InChI is InChI=1S/C26H42O7/c1-5-9-11-18(7-3)16-32-25(30)21(13-20-14-23(28)24(29)15-22(20)27)26(31)33-17-19(8-4)12-10-6-2/h14-15,18-19,21,27-29H,5-13,16-17H2,1-4H3. The average Bonchev–Trinajstić information content (AvgIpc) is 2.80. The minimum Gasteiger partial charge on any atom is -0.508 e. The monoisotopic (exact) mass is 466 g/mol. The van der Waals surface area contributed by atoms with E-state index in [1.807, 2.05) is 13.8 Å². The summed E-state index contributed by atoms with van der Waals surface area (Å²) in [5.41, 5.74) is 0.153. The van der Waals surface area contributed by atoms with Crippen LogP contribution in [-0.4, -0.2) is 40.5 Å². The molecule has 7 heteroatoms. The lowest BCUT2D eigenvalue weighted by atomic mass is 9.97. The van der Waals surface area contributed by atoms with E-state index in [0.717, 1.165) is 63.5 Å². The SMILES string of the molecule is CCCCC(CC)COC(=O)C(Cc1cc(O)c(O)cc1O)C(=O)OCC(CC)CCCC. The summed E-state index contributed by atoms with van der Waals surface area (Å²) >= 11 is 0. The highest BCUT2D eigenvalue weighted by Gasteiger charge is 2.32. The molecule has 1 aromatic carbocycles. The smallest absolute Gasteiger partial charge is 0.320 e. The van der Waals surface area contributed by atoms with Crippen molar-refractivity contribution in [1.29, 1.82) is 0 Å². The third-order valence-corrected chi connectivity index (χ3v) is 6.18. The van der Waals surface area contributed by atoms with Gasteiger partial charge in [0.25, 0.3) is 0 Å². The number of aromatic hydroxyl groups is 3. The minimum atomic E-state index is -1.27. The van der Waals surface area contributed by atoms with Crippen LogP contribution in [0.15, 0.2) is 12.1 Å². The van der Waals surface area contributed by atoms with Gasteiger partial charge in [0, 0.05) is 12.5 Å². The van der Waals surface area contributed by atoms with Crippen LogP contribution < -0.4 is 0 Å². The van der Waals surface area contributed by atoms with Crippen LogP contribution in [0.25, 0.3) is 0 Å². The van der Waals surface area contributed by atoms with Crippen LogP contribution in [0.3, 0.4) is 0 Å². The molecule has 0 bridgehead atoms. The van der Waals surface area contributed by atoms with Crippen molar-refractivity contribution in [2.75, 3.05) is 13.2 Å². The molecule has 33 heavy (non-hydrogen) atoms. The maximum atomic E-state index is 12.9. The summed E-state index contributed by atoms with van der Waals surface area (Å²) < 4.78 is 11.0. The Labute approximate surface area is 198 Å². The molecular formula is C26H42O7. The number of hydrogen-bond acceptors (Lipinski definition) is 7. The molecule has 0 aliphatic carbocycles. The summed E-state index contributed by atoms with van der Waals surface area (Å²) in [6, 6.07) is 2.12. The molecule has 0 heterocycles. The molecule has 0 aromatic heterocycles. The van der Waals surface area contributed by atoms with E-state index in [2.05, 4.69) is 13.8 Å². The van der Waals surface area contributed by atoms with Gasteiger partial charge in [-0.1, -0.05) is 66.2 Å². The molecule has 0 spiro atoms. The predicted molar refractivity (Wildman–Crippen MR) is 127 cm³/mol. The lowest BCUT2D eigenvalue weighted by molar-refractivity contribution is -0.163. The van der Waals surface area contributed by atoms with Crippen molar-refractivity contribution in [3.05, 3.63) is 17.7 Å². The van der Waals surface area contributed by atoms with E-state index in [1.54, 1.807) is 0 Å². The van der Waals surface area contributed by atoms with Gasteiger partial charge >= 0.3 is 11.9 Å². The van der Waals surface area contributed by atoms with E-state index in [9.17, 15) is 24.9 Å². The summed E-state index contributed by atoms with van der Waals surface area (Å²) in [7, 11) is 0. The van der Waals surface area contributed by atoms with Crippen molar-refractivity contribution in [2.24, 2.45) is 17.8 Å². The van der Waals surface area contributed by atoms with Gasteiger partial charge in [0.2, 0.25) is 0 Å². The van der Waals surface area contributed by atoms with Crippen LogP contribution in [-0.2, 0) is 25.5 Å². The number of phenols is 3. The molecule has 1 rings (SSSR count). The van der Waals surface area contributed by atoms with Crippen LogP contribution in [0.2, 0.25) is 0 Å². The zero-order chi connectivity index (χ0) is 24.8. The number of benzene rings is 1. The van der Waals surface area contributed by atoms with Crippen LogP contribution in [0.5, 0.6) is 17.2 Å². The Hall–Kier alpha value is -2.44. The van der Waals surface area contributed by atoms with Gasteiger partial charge in [-0.3, -0.25) is 9.59 Å². The van der Waals surface area contributed by atoms with E-state index < -0.39 is 29.4 Å². The van der Waals surface area contributed by atoms with Crippen molar-refractivity contribution >= 4 is 11.9 Å². The van der Waals surface area contributed by atoms with Gasteiger partial charge in [0.05, 0.1) is 13.2 Å². The van der Waals surface area contributed by atoms with E-state index in [4.69, 9.17) is 9.47 Å². The molecule has 2 atom stereocenters. The van der Waals surface area contributed by atoms with Crippen LogP contribution >= 0.6 is 0 Å². The topological polar surface area (TPSA) is 113 Å². The Bertz CT molecular complexity index is 700. The first-order chi connectivity index (χ1) is 15.8. The van der Waals surface area contributed by atoms with Crippen molar-refractivity contribution < 1.29 is 34.4 Å². The van der Waals surface area contributed by atoms with Crippen molar-refractivity contribution in [1.82, 2.24) is 0 Å². The summed E-state index contributed by atoms with van der Waals surface area (Å²) in [6.07, 6.45) is 7.61. The second kappa shape index (κ2) is 15.4. The van der Waals surface area contributed by atoms with Crippen molar-refractivity contribution in [2.45, 2.75) is 85.5 Å². The number of carbonyl (C=O) groups excluding carboxylic acids is 2. The van der Waals surface area contributed by atoms with Gasteiger partial charge in [0.1, 0.15) is 5.75 Å². The highest BCUT2D eigenvalue weighted by atomic mass is 16.6. The summed E-state index contributed by atoms with van der Waals surface area (Å²) in [4.78, 5) is 25.8. The maximum Gasteiger partial charge on any atom is 0.320 e. The first-order valence-corrected chi connectivity index (χ1v) is 12.3. The molecule has 1 aromatic rings. The predicted octanol–water partition coefficient (Wildman–Crippen LogP) is 5.48. The molecule has 188 valence electrons. The van der Waals surface area contributed by atoms with Gasteiger partial charge in [-0.2, -0.15) is 0 Å². The average molecular weight is 467 g/mol. The number of hydrogen-bond donors (Lipinski definition) is 3. The molecule has 0 amide bonds. The van der Waals surface area contributed by atoms with Gasteiger partial charge in [-0.15, -0.1) is 0 Å². The zero-order valence-electron chi connectivity index (χ0n) is 20.6. The van der Waals surface area contributed by atoms with Crippen molar-refractivity contribution in [3.63, 3.8) is 0 Å². The Morgan fingerprint density at radius 2 is 1.21 bits per heavy atom. The summed E-state index contributed by atoms with van der Waals surface area (Å²) in [6.45, 7) is 8.74. The number of rotatable bonds is 16. The van der Waals surface area contributed by atoms with E-state index in [0.29, 0.717) is 0 Å². The fraction of sp³-hybridized carbons (Fsp3) is 0.692. The molecule has 0 aliphatic heterocycles. The highest BCUT2D eigenvalue weighted by Crippen LogP contribution is 2.34. The van der Waals surface area contributed by atoms with Crippen molar-refractivity contribution in [3.8, 4) is 17.2 Å². The van der Waals surface area contributed by atoms with Gasteiger partial charge < -0.3 is 24.8 Å². The van der Waals surface area contributed by atoms with E-state index in [-0.39, 0.29) is 42.8 Å². The largest absolute Gasteiger partial charge is 0.508 e. The fourth-order valence-electron chi connectivity index (χ4n) is 3.65. The molecule has 2 unspecified atom stereocenters. The van der Waals surface area contributed by atoms with Crippen LogP contribution in [0.4, 0.5) is 0 Å². The summed E-state index contributed by atoms with van der Waals surface area (Å²) in [5.74, 6) is -3.50. The highest BCUT2D eigenvalue weighted by molar-refractivity contribution is 5.95. The second-order valence-corrected chi connectivity index (χ2v) is 8.82. The number of carbonyl (C=O) groups is 2. The first kappa shape index (κ1) is 28.6. The maximum absolute atomic E-state index is 12.9. The molecule has 7 nitrogen and oxygen atoms in total. The molecule has 0 saturated carbocycles. The molecule has 0 saturated heterocycles. The molecule has 0 aliphatic rings. The van der Waals surface area contributed by atoms with Gasteiger partial charge in [-0.25, -0.2) is 0 Å². The second-order valence-electron chi connectivity index (χ2n) is 8.82. The van der Waals surface area contributed by atoms with Crippen LogP contribution in [0.1, 0.15) is 84.6 Å². The van der Waals surface area contributed by atoms with E-state index in [1.165, 1.54) is 0 Å². The lowest BCUT2D eigenvalue weighted by Gasteiger charge is -2.21.